The molecule has 0 aromatic heterocycles. The Labute approximate surface area is 195 Å². The topological polar surface area (TPSA) is 90.6 Å². The molecular weight excluding hydrogens is 424 g/mol. The zero-order valence-corrected chi connectivity index (χ0v) is 19.3. The maximum Gasteiger partial charge on any atom is 0.328 e. The van der Waals surface area contributed by atoms with Gasteiger partial charge in [-0.15, -0.1) is 0 Å². The lowest BCUT2D eigenvalue weighted by molar-refractivity contribution is -0.145. The predicted octanol–water partition coefficient (Wildman–Crippen LogP) is 3.57. The van der Waals surface area contributed by atoms with Crippen LogP contribution in [0, 0.1) is 5.92 Å². The quantitative estimate of drug-likeness (QED) is 0.257. The number of amides is 1. The zero-order valence-electron chi connectivity index (χ0n) is 18.5. The number of ether oxygens (including phenoxy) is 2. The van der Waals surface area contributed by atoms with Crippen LogP contribution in [0.25, 0.3) is 0 Å². The van der Waals surface area contributed by atoms with Gasteiger partial charge in [0.15, 0.2) is 0 Å². The van der Waals surface area contributed by atoms with Crippen LogP contribution < -0.4 is 11.1 Å². The highest BCUT2D eigenvalue weighted by Crippen LogP contribution is 2.13. The van der Waals surface area contributed by atoms with Gasteiger partial charge >= 0.3 is 5.97 Å². The first kappa shape index (κ1) is 25.5. The van der Waals surface area contributed by atoms with Crippen LogP contribution in [0.1, 0.15) is 36.8 Å². The van der Waals surface area contributed by atoms with Crippen LogP contribution in [0.3, 0.4) is 0 Å². The Morgan fingerprint density at radius 2 is 1.59 bits per heavy atom. The number of carbonyl (C=O) groups is 2. The molecule has 7 heteroatoms. The fourth-order valence-electron chi connectivity index (χ4n) is 3.34. The number of benzene rings is 2. The number of aryl methyl sites for hydroxylation is 1. The summed E-state index contributed by atoms with van der Waals surface area (Å²) in [7, 11) is 1.31. The molecule has 0 aliphatic rings. The number of nitrogens with one attached hydrogen (secondary N) is 1. The smallest absolute Gasteiger partial charge is 0.328 e. The van der Waals surface area contributed by atoms with Crippen molar-refractivity contribution < 1.29 is 19.1 Å². The third-order valence-corrected chi connectivity index (χ3v) is 5.45. The fraction of sp³-hybridized carbons (Fsp3) is 0.400. The summed E-state index contributed by atoms with van der Waals surface area (Å²) in [6.45, 7) is 1.12. The lowest BCUT2D eigenvalue weighted by atomic mass is 9.97. The number of carbonyl (C=O) groups excluding carboxylic acids is 2. The van der Waals surface area contributed by atoms with Crippen molar-refractivity contribution >= 4 is 29.1 Å². The first-order chi connectivity index (χ1) is 15.5. The third kappa shape index (κ3) is 9.16. The first-order valence-electron chi connectivity index (χ1n) is 10.8. The van der Waals surface area contributed by atoms with Gasteiger partial charge in [0, 0.05) is 6.61 Å². The van der Waals surface area contributed by atoms with Crippen LogP contribution in [-0.4, -0.2) is 36.6 Å². The average Bonchev–Trinajstić information content (AvgIpc) is 2.81. The second-order valence-electron chi connectivity index (χ2n) is 7.60. The molecule has 0 spiro atoms. The van der Waals surface area contributed by atoms with Crippen molar-refractivity contribution in [3.8, 4) is 0 Å². The van der Waals surface area contributed by atoms with E-state index in [4.69, 9.17) is 27.4 Å². The molecule has 0 aliphatic carbocycles. The van der Waals surface area contributed by atoms with Crippen LogP contribution in [0.4, 0.5) is 0 Å². The van der Waals surface area contributed by atoms with Crippen LogP contribution in [0.5, 0.6) is 0 Å². The lowest BCUT2D eigenvalue weighted by Crippen LogP contribution is -2.47. The molecule has 0 unspecified atom stereocenters. The van der Waals surface area contributed by atoms with Crippen LogP contribution in [0.15, 0.2) is 60.7 Å². The molecule has 3 N–H and O–H groups in total. The van der Waals surface area contributed by atoms with Gasteiger partial charge in [0.1, 0.15) is 6.04 Å². The molecule has 2 atom stereocenters. The molecule has 1 amide bonds. The normalized spacial score (nSPS) is 12.5. The van der Waals surface area contributed by atoms with Gasteiger partial charge in [0.05, 0.1) is 24.6 Å². The highest BCUT2D eigenvalue weighted by atomic mass is 32.1. The molecule has 2 aromatic rings. The van der Waals surface area contributed by atoms with Crippen LogP contribution in [-0.2, 0) is 32.1 Å². The summed E-state index contributed by atoms with van der Waals surface area (Å²) in [5.41, 5.74) is 8.04. The van der Waals surface area contributed by atoms with E-state index >= 15 is 0 Å². The maximum atomic E-state index is 12.8. The predicted molar refractivity (Wildman–Crippen MR) is 129 cm³/mol. The number of hydrogen-bond donors (Lipinski definition) is 2. The van der Waals surface area contributed by atoms with Crippen molar-refractivity contribution in [2.45, 2.75) is 44.8 Å². The molecule has 0 aliphatic heterocycles. The summed E-state index contributed by atoms with van der Waals surface area (Å²) >= 11 is 5.12. The minimum absolute atomic E-state index is 0.122. The molecule has 2 aromatic carbocycles. The Bertz CT molecular complexity index is 846. The average molecular weight is 457 g/mol. The standard InChI is InChI=1S/C25H32N2O4S/c1-30-25(29)22(14-8-9-17-31-18-20-12-6-3-7-13-20)27-24(28)21(23(26)32)16-15-19-10-4-2-5-11-19/h2-7,10-13,21-22H,8-9,14-18H2,1H3,(H2,26,32)(H,27,28)/t21-,22+/m1/s1. The second-order valence-corrected chi connectivity index (χ2v) is 8.07. The number of esters is 1. The third-order valence-electron chi connectivity index (χ3n) is 5.17. The molecule has 172 valence electrons. The number of rotatable bonds is 14. The lowest BCUT2D eigenvalue weighted by Gasteiger charge is -2.21. The van der Waals surface area contributed by atoms with E-state index in [9.17, 15) is 9.59 Å². The van der Waals surface area contributed by atoms with Gasteiger partial charge in [-0.2, -0.15) is 0 Å². The van der Waals surface area contributed by atoms with Crippen molar-refractivity contribution in [3.05, 3.63) is 71.8 Å². The molecule has 0 saturated heterocycles. The Morgan fingerprint density at radius 3 is 2.19 bits per heavy atom. The molecule has 2 rings (SSSR count). The van der Waals surface area contributed by atoms with Crippen molar-refractivity contribution in [3.63, 3.8) is 0 Å². The van der Waals surface area contributed by atoms with Crippen molar-refractivity contribution in [1.82, 2.24) is 5.32 Å². The van der Waals surface area contributed by atoms with E-state index in [1.165, 1.54) is 7.11 Å². The van der Waals surface area contributed by atoms with Gasteiger partial charge in [-0.05, 0) is 43.2 Å². The SMILES string of the molecule is COC(=O)[C@H](CCCCOCc1ccccc1)NC(=O)[C@H](CCc1ccccc1)C(N)=S. The van der Waals surface area contributed by atoms with E-state index in [1.807, 2.05) is 60.7 Å². The number of hydrogen-bond acceptors (Lipinski definition) is 5. The summed E-state index contributed by atoms with van der Waals surface area (Å²) in [6.07, 6.45) is 3.07. The van der Waals surface area contributed by atoms with Gasteiger partial charge in [-0.3, -0.25) is 4.79 Å². The molecule has 0 bridgehead atoms. The Kier molecular flexibility index (Phi) is 11.4. The Morgan fingerprint density at radius 1 is 0.969 bits per heavy atom. The molecule has 32 heavy (non-hydrogen) atoms. The van der Waals surface area contributed by atoms with E-state index in [2.05, 4.69) is 5.32 Å². The van der Waals surface area contributed by atoms with Crippen molar-refractivity contribution in [2.75, 3.05) is 13.7 Å². The van der Waals surface area contributed by atoms with Crippen molar-refractivity contribution in [1.29, 1.82) is 0 Å². The van der Waals surface area contributed by atoms with E-state index in [0.29, 0.717) is 38.9 Å². The summed E-state index contributed by atoms with van der Waals surface area (Å²) in [4.78, 5) is 25.1. The van der Waals surface area contributed by atoms with Gasteiger partial charge in [0.2, 0.25) is 5.91 Å². The Hall–Kier alpha value is -2.77. The Balaban J connectivity index is 1.80. The number of unbranched alkanes of at least 4 members (excludes halogenated alkanes) is 1. The summed E-state index contributed by atoms with van der Waals surface area (Å²) < 4.78 is 10.5. The molecule has 0 fully saturated rings. The number of nitrogens with two attached hydrogens (primary N) is 1. The van der Waals surface area contributed by atoms with Gasteiger partial charge in [-0.25, -0.2) is 4.79 Å². The van der Waals surface area contributed by atoms with Crippen LogP contribution >= 0.6 is 12.2 Å². The van der Waals surface area contributed by atoms with E-state index in [1.54, 1.807) is 0 Å². The van der Waals surface area contributed by atoms with Crippen molar-refractivity contribution in [2.24, 2.45) is 11.7 Å². The van der Waals surface area contributed by atoms with Gasteiger partial charge in [0.25, 0.3) is 0 Å². The molecule has 0 saturated carbocycles. The van der Waals surface area contributed by atoms with Gasteiger partial charge < -0.3 is 20.5 Å². The first-order valence-corrected chi connectivity index (χ1v) is 11.2. The number of thiocarbonyl (C=S) groups is 1. The minimum Gasteiger partial charge on any atom is -0.467 e. The van der Waals surface area contributed by atoms with Crippen LogP contribution in [0.2, 0.25) is 0 Å². The molecule has 0 heterocycles. The maximum absolute atomic E-state index is 12.8. The second kappa shape index (κ2) is 14.3. The minimum atomic E-state index is -0.741. The molecular formula is C25H32N2O4S. The molecule has 6 nitrogen and oxygen atoms in total. The fourth-order valence-corrected chi connectivity index (χ4v) is 3.56. The van der Waals surface area contributed by atoms with E-state index < -0.39 is 17.9 Å². The highest BCUT2D eigenvalue weighted by Gasteiger charge is 2.27. The zero-order chi connectivity index (χ0) is 23.2. The summed E-state index contributed by atoms with van der Waals surface area (Å²) in [5, 5.41) is 2.78. The molecule has 0 radical (unpaired) electrons. The van der Waals surface area contributed by atoms with Gasteiger partial charge in [-0.1, -0.05) is 72.9 Å². The summed E-state index contributed by atoms with van der Waals surface area (Å²) in [5.74, 6) is -1.47. The summed E-state index contributed by atoms with van der Waals surface area (Å²) in [6, 6.07) is 19.0. The highest BCUT2D eigenvalue weighted by molar-refractivity contribution is 7.80. The van der Waals surface area contributed by atoms with E-state index in [0.717, 1.165) is 17.5 Å². The monoisotopic (exact) mass is 456 g/mol. The number of methoxy groups -OCH3 is 1. The van der Waals surface area contributed by atoms with E-state index in [-0.39, 0.29) is 10.9 Å². The largest absolute Gasteiger partial charge is 0.467 e.